The molecule has 0 aromatic heterocycles. The molecule has 0 aliphatic heterocycles. The monoisotopic (exact) mass is 463 g/mol. The van der Waals surface area contributed by atoms with Crippen LogP contribution in [0.15, 0.2) is 71.2 Å². The van der Waals surface area contributed by atoms with Gasteiger partial charge in [0.1, 0.15) is 6.61 Å². The fourth-order valence-electron chi connectivity index (χ4n) is 2.83. The zero-order chi connectivity index (χ0) is 21.5. The van der Waals surface area contributed by atoms with E-state index in [4.69, 9.17) is 14.6 Å². The van der Waals surface area contributed by atoms with Gasteiger partial charge in [-0.3, -0.25) is 0 Å². The molecule has 0 bridgehead atoms. The quantitative estimate of drug-likeness (QED) is 0.353. The zero-order valence-electron chi connectivity index (χ0n) is 16.1. The third kappa shape index (κ3) is 5.07. The first-order valence-corrected chi connectivity index (χ1v) is 9.81. The smallest absolute Gasteiger partial charge is 0.335 e. The molecule has 150 valence electrons. The number of allylic oxidation sites excluding steroid dienone is 1. The molecule has 6 heteroatoms. The van der Waals surface area contributed by atoms with Crippen LogP contribution in [0.25, 0.3) is 11.6 Å². The molecule has 5 nitrogen and oxygen atoms in total. The van der Waals surface area contributed by atoms with Gasteiger partial charge in [-0.2, -0.15) is 5.26 Å². The lowest BCUT2D eigenvalue weighted by Gasteiger charge is -2.14. The van der Waals surface area contributed by atoms with Crippen molar-refractivity contribution in [2.45, 2.75) is 6.61 Å². The first kappa shape index (κ1) is 21.2. The van der Waals surface area contributed by atoms with Gasteiger partial charge in [0.2, 0.25) is 0 Å². The molecule has 0 aliphatic rings. The molecular weight excluding hydrogens is 446 g/mol. The minimum atomic E-state index is -1.01. The molecule has 0 saturated carbocycles. The van der Waals surface area contributed by atoms with Crippen LogP contribution in [-0.4, -0.2) is 18.2 Å². The first-order valence-electron chi connectivity index (χ1n) is 9.01. The molecule has 3 aromatic rings. The van der Waals surface area contributed by atoms with Crippen LogP contribution in [0.4, 0.5) is 0 Å². The van der Waals surface area contributed by atoms with Crippen molar-refractivity contribution in [2.24, 2.45) is 0 Å². The van der Waals surface area contributed by atoms with Gasteiger partial charge in [0.25, 0.3) is 0 Å². The summed E-state index contributed by atoms with van der Waals surface area (Å²) in [4.78, 5) is 11.0. The lowest BCUT2D eigenvalue weighted by atomic mass is 10.0. The maximum Gasteiger partial charge on any atom is 0.335 e. The number of nitrogens with zero attached hydrogens (tertiary/aromatic N) is 1. The van der Waals surface area contributed by atoms with Crippen molar-refractivity contribution in [1.82, 2.24) is 0 Å². The molecule has 0 unspecified atom stereocenters. The average molecular weight is 464 g/mol. The van der Waals surface area contributed by atoms with Gasteiger partial charge in [0.05, 0.1) is 28.8 Å². The number of hydrogen-bond donors (Lipinski definition) is 1. The molecule has 0 atom stereocenters. The molecular formula is C24H18BrNO4. The zero-order valence-corrected chi connectivity index (χ0v) is 17.7. The number of carboxylic acid groups (broad SMARTS) is 1. The fourth-order valence-corrected chi connectivity index (χ4v) is 3.41. The summed E-state index contributed by atoms with van der Waals surface area (Å²) >= 11 is 3.52. The predicted molar refractivity (Wildman–Crippen MR) is 118 cm³/mol. The van der Waals surface area contributed by atoms with E-state index in [1.54, 1.807) is 31.4 Å². The summed E-state index contributed by atoms with van der Waals surface area (Å²) in [5, 5.41) is 18.6. The second kappa shape index (κ2) is 9.77. The Labute approximate surface area is 182 Å². The Morgan fingerprint density at radius 1 is 1.10 bits per heavy atom. The van der Waals surface area contributed by atoms with Gasteiger partial charge < -0.3 is 14.6 Å². The Bertz CT molecular complexity index is 1120. The van der Waals surface area contributed by atoms with E-state index >= 15 is 0 Å². The van der Waals surface area contributed by atoms with Crippen LogP contribution >= 0.6 is 15.9 Å². The van der Waals surface area contributed by atoms with Crippen LogP contribution in [0.3, 0.4) is 0 Å². The number of halogens is 1. The maximum atomic E-state index is 11.0. The number of hydrogen-bond acceptors (Lipinski definition) is 4. The van der Waals surface area contributed by atoms with Gasteiger partial charge in [0, 0.05) is 0 Å². The molecule has 0 saturated heterocycles. The van der Waals surface area contributed by atoms with E-state index in [0.717, 1.165) is 11.1 Å². The second-order valence-corrected chi connectivity index (χ2v) is 7.22. The lowest BCUT2D eigenvalue weighted by molar-refractivity contribution is 0.0697. The summed E-state index contributed by atoms with van der Waals surface area (Å²) in [7, 11) is 1.56. The van der Waals surface area contributed by atoms with Crippen LogP contribution in [0.2, 0.25) is 0 Å². The third-order valence-electron chi connectivity index (χ3n) is 4.35. The Balaban J connectivity index is 1.89. The first-order chi connectivity index (χ1) is 14.5. The van der Waals surface area contributed by atoms with Gasteiger partial charge in [-0.25, -0.2) is 4.79 Å². The van der Waals surface area contributed by atoms with E-state index < -0.39 is 5.97 Å². The minimum absolute atomic E-state index is 0.167. The summed E-state index contributed by atoms with van der Waals surface area (Å²) in [6, 6.07) is 21.8. The van der Waals surface area contributed by atoms with Crippen molar-refractivity contribution in [3.63, 3.8) is 0 Å². The Morgan fingerprint density at radius 3 is 2.37 bits per heavy atom. The van der Waals surface area contributed by atoms with E-state index in [1.807, 2.05) is 36.4 Å². The highest BCUT2D eigenvalue weighted by Crippen LogP contribution is 2.38. The predicted octanol–water partition coefficient (Wildman–Crippen LogP) is 5.80. The molecule has 0 aliphatic carbocycles. The Hall–Kier alpha value is -3.56. The molecule has 1 N–H and O–H groups in total. The van der Waals surface area contributed by atoms with Gasteiger partial charge in [-0.05, 0) is 63.0 Å². The van der Waals surface area contributed by atoms with Crippen molar-refractivity contribution in [1.29, 1.82) is 5.26 Å². The van der Waals surface area contributed by atoms with Gasteiger partial charge in [-0.1, -0.05) is 42.5 Å². The van der Waals surface area contributed by atoms with Crippen LogP contribution in [-0.2, 0) is 6.61 Å². The van der Waals surface area contributed by atoms with Crippen molar-refractivity contribution in [3.05, 3.63) is 93.5 Å². The van der Waals surface area contributed by atoms with Crippen molar-refractivity contribution in [2.75, 3.05) is 7.11 Å². The van der Waals surface area contributed by atoms with E-state index in [0.29, 0.717) is 33.7 Å². The second-order valence-electron chi connectivity index (χ2n) is 6.36. The SMILES string of the molecule is COc1cc(/C=C(/C#N)c2ccc(C(=O)O)cc2)cc(Br)c1OCc1ccccc1. The highest BCUT2D eigenvalue weighted by molar-refractivity contribution is 9.10. The van der Waals surface area contributed by atoms with Crippen LogP contribution < -0.4 is 9.47 Å². The largest absolute Gasteiger partial charge is 0.493 e. The number of aromatic carboxylic acids is 1. The highest BCUT2D eigenvalue weighted by atomic mass is 79.9. The van der Waals surface area contributed by atoms with Crippen molar-refractivity contribution >= 4 is 33.5 Å². The van der Waals surface area contributed by atoms with E-state index in [9.17, 15) is 10.1 Å². The molecule has 3 aromatic carbocycles. The number of carbonyl (C=O) groups is 1. The molecule has 0 fully saturated rings. The van der Waals surface area contributed by atoms with Crippen molar-refractivity contribution in [3.8, 4) is 17.6 Å². The molecule has 3 rings (SSSR count). The number of ether oxygens (including phenoxy) is 2. The number of carboxylic acids is 1. The van der Waals surface area contributed by atoms with E-state index in [1.165, 1.54) is 12.1 Å². The molecule has 30 heavy (non-hydrogen) atoms. The van der Waals surface area contributed by atoms with Gasteiger partial charge in [0.15, 0.2) is 11.5 Å². The third-order valence-corrected chi connectivity index (χ3v) is 4.94. The van der Waals surface area contributed by atoms with Crippen LogP contribution in [0, 0.1) is 11.3 Å². The Kier molecular flexibility index (Phi) is 6.89. The Morgan fingerprint density at radius 2 is 1.77 bits per heavy atom. The summed E-state index contributed by atoms with van der Waals surface area (Å²) in [6.07, 6.45) is 1.71. The van der Waals surface area contributed by atoms with E-state index in [2.05, 4.69) is 22.0 Å². The number of methoxy groups -OCH3 is 1. The minimum Gasteiger partial charge on any atom is -0.493 e. The van der Waals surface area contributed by atoms with Gasteiger partial charge >= 0.3 is 5.97 Å². The number of rotatable bonds is 7. The summed E-state index contributed by atoms with van der Waals surface area (Å²) in [6.45, 7) is 0.393. The average Bonchev–Trinajstić information content (AvgIpc) is 2.77. The molecule has 0 amide bonds. The standard InChI is InChI=1S/C24H18BrNO4/c1-29-22-13-17(11-20(14-26)18-7-9-19(10-8-18)24(27)28)12-21(25)23(22)30-15-16-5-3-2-4-6-16/h2-13H,15H2,1H3,(H,27,28)/b20-11-. The molecule has 0 radical (unpaired) electrons. The fraction of sp³-hybridized carbons (Fsp3) is 0.0833. The van der Waals surface area contributed by atoms with Crippen LogP contribution in [0.1, 0.15) is 27.0 Å². The number of benzene rings is 3. The summed E-state index contributed by atoms with van der Waals surface area (Å²) < 4.78 is 12.1. The normalized spacial score (nSPS) is 10.9. The van der Waals surface area contributed by atoms with Crippen LogP contribution in [0.5, 0.6) is 11.5 Å². The van der Waals surface area contributed by atoms with Crippen molar-refractivity contribution < 1.29 is 19.4 Å². The molecule has 0 heterocycles. The molecule has 0 spiro atoms. The lowest BCUT2D eigenvalue weighted by Crippen LogP contribution is -1.99. The highest BCUT2D eigenvalue weighted by Gasteiger charge is 2.13. The van der Waals surface area contributed by atoms with E-state index in [-0.39, 0.29) is 5.56 Å². The summed E-state index contributed by atoms with van der Waals surface area (Å²) in [5.41, 5.74) is 2.97. The summed E-state index contributed by atoms with van der Waals surface area (Å²) in [5.74, 6) is 0.0942. The topological polar surface area (TPSA) is 79.5 Å². The van der Waals surface area contributed by atoms with Gasteiger partial charge in [-0.15, -0.1) is 0 Å². The maximum absolute atomic E-state index is 11.0. The number of nitriles is 1.